The van der Waals surface area contributed by atoms with Gasteiger partial charge in [0.2, 0.25) is 11.9 Å². The van der Waals surface area contributed by atoms with Crippen LogP contribution in [-0.4, -0.2) is 163 Å². The van der Waals surface area contributed by atoms with Gasteiger partial charge in [0.05, 0.1) is 12.4 Å². The molecule has 0 bridgehead atoms. The third-order valence-corrected chi connectivity index (χ3v) is 14.0. The first-order valence-corrected chi connectivity index (χ1v) is 26.4. The molecule has 10 rings (SSSR count). The van der Waals surface area contributed by atoms with Crippen molar-refractivity contribution in [3.05, 3.63) is 83.2 Å². The van der Waals surface area contributed by atoms with Crippen molar-refractivity contribution in [3.63, 3.8) is 0 Å². The smallest absolute Gasteiger partial charge is 0.415 e. The molecule has 4 aromatic heterocycles. The number of piperidine rings is 3. The number of benzene rings is 2. The van der Waals surface area contributed by atoms with E-state index in [4.69, 9.17) is 28.9 Å². The fourth-order valence-electron chi connectivity index (χ4n) is 9.46. The number of likely N-dealkylation sites (tertiary alicyclic amines) is 3. The standard InChI is InChI=1S/C27H37N7O3.C26H36N8O3/c1-19(2)23-18-29-34-24(23)30-26(36-21-10-14-32(3)15-11-21)31-25(34)28-17-20-8-7-9-22(16-20)37-27(35)33-12-5-4-6-13-33;1-18(2)22-17-29-34-23(22)30-25(36-20-7-11-32(3)12-8-20)31-24(34)28-16-19-5-4-6-21(15-19)37-26(35)33-13-9-27-10-14-33/h7-9,16,18-19,21H,4-6,10-15,17H2,1-3H3,(H,28,30,31);4-6,15,17-18,20,27H,7-14,16H2,1-3H3,(H,28,30,31). The van der Waals surface area contributed by atoms with Crippen LogP contribution < -0.4 is 34.9 Å². The van der Waals surface area contributed by atoms with Crippen molar-refractivity contribution in [2.24, 2.45) is 0 Å². The van der Waals surface area contributed by atoms with Crippen molar-refractivity contribution in [2.75, 3.05) is 90.2 Å². The number of nitrogens with zero attached hydrogens (tertiary/aromatic N) is 12. The topological polar surface area (TPSA) is 206 Å². The second-order valence-corrected chi connectivity index (χ2v) is 20.4. The highest BCUT2D eigenvalue weighted by molar-refractivity contribution is 5.71. The van der Waals surface area contributed by atoms with Crippen LogP contribution >= 0.6 is 0 Å². The summed E-state index contributed by atoms with van der Waals surface area (Å²) in [6.45, 7) is 17.8. The highest BCUT2D eigenvalue weighted by Crippen LogP contribution is 2.27. The van der Waals surface area contributed by atoms with E-state index in [1.54, 1.807) is 24.9 Å². The average Bonchev–Trinajstić information content (AvgIpc) is 4.05. The Morgan fingerprint density at radius 2 is 1.03 bits per heavy atom. The first-order valence-electron chi connectivity index (χ1n) is 26.4. The highest BCUT2D eigenvalue weighted by Gasteiger charge is 2.25. The molecule has 3 N–H and O–H groups in total. The molecule has 8 heterocycles. The van der Waals surface area contributed by atoms with Gasteiger partial charge in [-0.2, -0.15) is 39.2 Å². The summed E-state index contributed by atoms with van der Waals surface area (Å²) in [6.07, 6.45) is 10.3. The third-order valence-electron chi connectivity index (χ3n) is 14.0. The fraction of sp³-hybridized carbons (Fsp3) is 0.547. The number of amides is 2. The molecule has 21 nitrogen and oxygen atoms in total. The van der Waals surface area contributed by atoms with Crippen LogP contribution in [0.15, 0.2) is 60.9 Å². The number of hydrogen-bond donors (Lipinski definition) is 3. The molecule has 74 heavy (non-hydrogen) atoms. The van der Waals surface area contributed by atoms with Gasteiger partial charge in [0.1, 0.15) is 23.7 Å². The molecular weight excluding hydrogens is 943 g/mol. The van der Waals surface area contributed by atoms with Gasteiger partial charge in [-0.3, -0.25) is 0 Å². The van der Waals surface area contributed by atoms with Crippen LogP contribution in [0.25, 0.3) is 11.3 Å². The zero-order valence-electron chi connectivity index (χ0n) is 43.8. The molecule has 4 fully saturated rings. The number of carbonyl (C=O) groups is 2. The average molecular weight is 1020 g/mol. The normalized spacial score (nSPS) is 17.4. The van der Waals surface area contributed by atoms with E-state index in [1.807, 2.05) is 54.9 Å². The largest absolute Gasteiger partial charge is 0.460 e. The van der Waals surface area contributed by atoms with Gasteiger partial charge in [0.25, 0.3) is 0 Å². The molecule has 4 aliphatic heterocycles. The summed E-state index contributed by atoms with van der Waals surface area (Å²) in [6, 6.07) is 15.8. The SMILES string of the molecule is CC(C)c1cnn2c(NCc3cccc(OC(=O)N4CCCCC4)c3)nc(OC3CCN(C)CC3)nc12.CC(C)c1cnn2c(NCc3cccc(OC(=O)N4CCNCC4)c3)nc(OC3CCN(C)CC3)nc12. The van der Waals surface area contributed by atoms with Gasteiger partial charge in [0.15, 0.2) is 11.3 Å². The minimum atomic E-state index is -0.322. The minimum Gasteiger partial charge on any atom is -0.460 e. The monoisotopic (exact) mass is 1020 g/mol. The maximum atomic E-state index is 12.5. The lowest BCUT2D eigenvalue weighted by Gasteiger charge is -2.28. The quantitative estimate of drug-likeness (QED) is 0.0999. The van der Waals surface area contributed by atoms with Gasteiger partial charge in [-0.1, -0.05) is 52.0 Å². The van der Waals surface area contributed by atoms with E-state index in [0.29, 0.717) is 61.6 Å². The van der Waals surface area contributed by atoms with E-state index in [1.165, 1.54) is 6.42 Å². The summed E-state index contributed by atoms with van der Waals surface area (Å²) < 4.78 is 27.2. The van der Waals surface area contributed by atoms with Crippen LogP contribution in [0.3, 0.4) is 0 Å². The van der Waals surface area contributed by atoms with Crippen LogP contribution in [0.2, 0.25) is 0 Å². The molecule has 4 aliphatic rings. The third kappa shape index (κ3) is 13.5. The Balaban J connectivity index is 0.000000182. The van der Waals surface area contributed by atoms with Crippen molar-refractivity contribution < 1.29 is 28.5 Å². The maximum Gasteiger partial charge on any atom is 0.415 e. The van der Waals surface area contributed by atoms with E-state index >= 15 is 0 Å². The summed E-state index contributed by atoms with van der Waals surface area (Å²) in [4.78, 5) is 51.9. The predicted molar refractivity (Wildman–Crippen MR) is 281 cm³/mol. The Morgan fingerprint density at radius 1 is 0.595 bits per heavy atom. The number of fused-ring (bicyclic) bond motifs is 2. The zero-order chi connectivity index (χ0) is 51.6. The van der Waals surface area contributed by atoms with Gasteiger partial charge < -0.3 is 54.5 Å². The van der Waals surface area contributed by atoms with E-state index in [0.717, 1.165) is 124 Å². The molecule has 2 amide bonds. The molecular formula is C53H73N15O6. The van der Waals surface area contributed by atoms with Crippen molar-refractivity contribution in [2.45, 2.75) is 110 Å². The van der Waals surface area contributed by atoms with Crippen molar-refractivity contribution >= 4 is 35.4 Å². The lowest BCUT2D eigenvalue weighted by molar-refractivity contribution is 0.105. The predicted octanol–water partition coefficient (Wildman–Crippen LogP) is 7.05. The lowest BCUT2D eigenvalue weighted by Crippen LogP contribution is -2.47. The van der Waals surface area contributed by atoms with Crippen LogP contribution in [0.4, 0.5) is 21.5 Å². The maximum absolute atomic E-state index is 12.5. The van der Waals surface area contributed by atoms with Gasteiger partial charge in [-0.05, 0) is 106 Å². The molecule has 396 valence electrons. The van der Waals surface area contributed by atoms with Crippen LogP contribution in [0.1, 0.15) is 107 Å². The molecule has 0 spiro atoms. The first-order chi connectivity index (χ1) is 35.9. The Bertz CT molecular complexity index is 2620. The Kier molecular flexibility index (Phi) is 17.2. The second kappa shape index (κ2) is 24.5. The highest BCUT2D eigenvalue weighted by atomic mass is 16.6. The molecule has 0 unspecified atom stereocenters. The molecule has 4 saturated heterocycles. The molecule has 2 aromatic carbocycles. The summed E-state index contributed by atoms with van der Waals surface area (Å²) in [5, 5.41) is 19.1. The first kappa shape index (κ1) is 52.0. The number of anilines is 2. The molecule has 0 aliphatic carbocycles. The lowest BCUT2D eigenvalue weighted by atomic mass is 10.1. The summed E-state index contributed by atoms with van der Waals surface area (Å²) in [5.74, 6) is 2.71. The Morgan fingerprint density at radius 3 is 1.46 bits per heavy atom. The summed E-state index contributed by atoms with van der Waals surface area (Å²) >= 11 is 0. The van der Waals surface area contributed by atoms with Gasteiger partial charge in [-0.15, -0.1) is 0 Å². The number of nitrogens with one attached hydrogen (secondary N) is 3. The summed E-state index contributed by atoms with van der Waals surface area (Å²) in [5.41, 5.74) is 5.50. The van der Waals surface area contributed by atoms with Crippen LogP contribution in [0, 0.1) is 0 Å². The number of ether oxygens (including phenoxy) is 4. The summed E-state index contributed by atoms with van der Waals surface area (Å²) in [7, 11) is 4.26. The van der Waals surface area contributed by atoms with Gasteiger partial charge in [-0.25, -0.2) is 9.59 Å². The number of hydrogen-bond acceptors (Lipinski definition) is 17. The molecule has 21 heteroatoms. The molecule has 0 saturated carbocycles. The zero-order valence-corrected chi connectivity index (χ0v) is 43.8. The van der Waals surface area contributed by atoms with Gasteiger partial charge in [0, 0.05) is 89.7 Å². The Labute approximate surface area is 433 Å². The number of rotatable bonds is 14. The minimum absolute atomic E-state index is 0.0963. The second-order valence-electron chi connectivity index (χ2n) is 20.4. The van der Waals surface area contributed by atoms with Crippen molar-refractivity contribution in [1.82, 2.24) is 64.1 Å². The fourth-order valence-corrected chi connectivity index (χ4v) is 9.46. The van der Waals surface area contributed by atoms with Crippen molar-refractivity contribution in [3.8, 4) is 23.5 Å². The van der Waals surface area contributed by atoms with Crippen molar-refractivity contribution in [1.29, 1.82) is 0 Å². The van der Waals surface area contributed by atoms with E-state index in [2.05, 4.69) is 87.7 Å². The molecule has 0 radical (unpaired) electrons. The Hall–Kier alpha value is -6.84. The molecule has 0 atom stereocenters. The van der Waals surface area contributed by atoms with E-state index in [9.17, 15) is 9.59 Å². The van der Waals surface area contributed by atoms with E-state index in [-0.39, 0.29) is 36.2 Å². The number of carbonyl (C=O) groups excluding carboxylic acids is 2. The number of aromatic nitrogens is 8. The number of piperazine rings is 1. The van der Waals surface area contributed by atoms with Gasteiger partial charge >= 0.3 is 24.2 Å². The van der Waals surface area contributed by atoms with E-state index < -0.39 is 0 Å². The molecule has 6 aromatic rings. The van der Waals surface area contributed by atoms with Crippen LogP contribution in [-0.2, 0) is 13.1 Å². The van der Waals surface area contributed by atoms with Crippen LogP contribution in [0.5, 0.6) is 23.5 Å².